The number of nitriles is 1. The summed E-state index contributed by atoms with van der Waals surface area (Å²) in [5, 5.41) is 14.1. The molecule has 18 heavy (non-hydrogen) atoms. The van der Waals surface area contributed by atoms with Crippen LogP contribution in [0, 0.1) is 11.3 Å². The summed E-state index contributed by atoms with van der Waals surface area (Å²) < 4.78 is 2.91. The first-order valence-corrected chi connectivity index (χ1v) is 8.23. The zero-order chi connectivity index (χ0) is 13.2. The molecule has 1 aliphatic rings. The maximum atomic E-state index is 9.48. The van der Waals surface area contributed by atoms with E-state index in [0.29, 0.717) is 0 Å². The van der Waals surface area contributed by atoms with Gasteiger partial charge < -0.3 is 0 Å². The van der Waals surface area contributed by atoms with Crippen LogP contribution in [0.4, 0.5) is 0 Å². The first kappa shape index (κ1) is 14.0. The van der Waals surface area contributed by atoms with Crippen molar-refractivity contribution in [2.75, 3.05) is 5.75 Å². The second-order valence-corrected chi connectivity index (χ2v) is 6.88. The van der Waals surface area contributed by atoms with Crippen LogP contribution in [0.5, 0.6) is 0 Å². The lowest BCUT2D eigenvalue weighted by molar-refractivity contribution is 0.577. The summed E-state index contributed by atoms with van der Waals surface area (Å²) in [4.78, 5) is 0. The molecule has 0 bridgehead atoms. The molecule has 1 saturated heterocycles. The number of aryl methyl sites for hydroxylation is 2. The van der Waals surface area contributed by atoms with Gasteiger partial charge in [0, 0.05) is 13.0 Å². The zero-order valence-corrected chi connectivity index (χ0v) is 13.3. The first-order valence-electron chi connectivity index (χ1n) is 6.45. The Hall–Kier alpha value is -0.470. The number of halogens is 1. The maximum Gasteiger partial charge on any atom is 0.108 e. The monoisotopic (exact) mass is 327 g/mol. The van der Waals surface area contributed by atoms with Gasteiger partial charge in [-0.05, 0) is 47.9 Å². The van der Waals surface area contributed by atoms with Crippen molar-refractivity contribution < 1.29 is 0 Å². The van der Waals surface area contributed by atoms with Gasteiger partial charge in [-0.15, -0.1) is 11.8 Å². The van der Waals surface area contributed by atoms with E-state index >= 15 is 0 Å². The highest BCUT2D eigenvalue weighted by atomic mass is 79.9. The van der Waals surface area contributed by atoms with E-state index in [2.05, 4.69) is 40.9 Å². The van der Waals surface area contributed by atoms with Crippen LogP contribution < -0.4 is 0 Å². The average molecular weight is 328 g/mol. The van der Waals surface area contributed by atoms with Crippen molar-refractivity contribution in [3.05, 3.63) is 15.9 Å². The second-order valence-electron chi connectivity index (χ2n) is 4.61. The minimum absolute atomic E-state index is 0.236. The van der Waals surface area contributed by atoms with Crippen molar-refractivity contribution in [2.45, 2.75) is 50.8 Å². The molecule has 0 saturated carbocycles. The van der Waals surface area contributed by atoms with Crippen LogP contribution in [-0.4, -0.2) is 20.3 Å². The van der Waals surface area contributed by atoms with Crippen molar-refractivity contribution in [1.29, 1.82) is 5.26 Å². The SMILES string of the molecule is CCc1nn(CC)c(CC2(C#N)CCCS2)c1Br. The number of rotatable bonds is 4. The van der Waals surface area contributed by atoms with E-state index in [-0.39, 0.29) is 4.75 Å². The highest BCUT2D eigenvalue weighted by molar-refractivity contribution is 9.10. The molecule has 0 radical (unpaired) electrons. The highest BCUT2D eigenvalue weighted by Crippen LogP contribution is 2.41. The third-order valence-corrected chi connectivity index (χ3v) is 5.85. The Balaban J connectivity index is 2.33. The van der Waals surface area contributed by atoms with Crippen LogP contribution in [-0.2, 0) is 19.4 Å². The third kappa shape index (κ3) is 2.46. The lowest BCUT2D eigenvalue weighted by atomic mass is 9.98. The smallest absolute Gasteiger partial charge is 0.108 e. The quantitative estimate of drug-likeness (QED) is 0.849. The maximum absolute atomic E-state index is 9.48. The van der Waals surface area contributed by atoms with E-state index in [1.54, 1.807) is 11.8 Å². The molecule has 2 heterocycles. The molecule has 98 valence electrons. The summed E-state index contributed by atoms with van der Waals surface area (Å²) >= 11 is 5.47. The molecule has 0 spiro atoms. The fourth-order valence-electron chi connectivity index (χ4n) is 2.42. The zero-order valence-electron chi connectivity index (χ0n) is 10.9. The van der Waals surface area contributed by atoms with Crippen LogP contribution in [0.3, 0.4) is 0 Å². The number of hydrogen-bond donors (Lipinski definition) is 0. The molecule has 1 fully saturated rings. The molecule has 1 aliphatic heterocycles. The Bertz CT molecular complexity index is 469. The molecular weight excluding hydrogens is 310 g/mol. The van der Waals surface area contributed by atoms with Gasteiger partial charge in [0.05, 0.1) is 21.9 Å². The van der Waals surface area contributed by atoms with Gasteiger partial charge in [-0.2, -0.15) is 10.4 Å². The Kier molecular flexibility index (Phi) is 4.39. The summed E-state index contributed by atoms with van der Waals surface area (Å²) in [6, 6.07) is 2.53. The molecule has 1 atom stereocenters. The van der Waals surface area contributed by atoms with Crippen LogP contribution in [0.2, 0.25) is 0 Å². The predicted molar refractivity (Wildman–Crippen MR) is 78.7 cm³/mol. The number of hydrogen-bond acceptors (Lipinski definition) is 3. The predicted octanol–water partition coefficient (Wildman–Crippen LogP) is 3.56. The van der Waals surface area contributed by atoms with E-state index < -0.39 is 0 Å². The van der Waals surface area contributed by atoms with Crippen molar-refractivity contribution in [3.63, 3.8) is 0 Å². The van der Waals surface area contributed by atoms with Crippen LogP contribution in [0.1, 0.15) is 38.1 Å². The van der Waals surface area contributed by atoms with Crippen LogP contribution in [0.25, 0.3) is 0 Å². The molecule has 1 aromatic rings. The van der Waals surface area contributed by atoms with Gasteiger partial charge in [-0.1, -0.05) is 6.92 Å². The van der Waals surface area contributed by atoms with Crippen molar-refractivity contribution >= 4 is 27.7 Å². The van der Waals surface area contributed by atoms with Crippen molar-refractivity contribution in [3.8, 4) is 6.07 Å². The number of nitrogens with zero attached hydrogens (tertiary/aromatic N) is 3. The Morgan fingerprint density at radius 1 is 1.56 bits per heavy atom. The lowest BCUT2D eigenvalue weighted by Crippen LogP contribution is -2.24. The molecule has 0 aliphatic carbocycles. The van der Waals surface area contributed by atoms with Gasteiger partial charge in [-0.25, -0.2) is 0 Å². The normalized spacial score (nSPS) is 23.2. The molecule has 0 amide bonds. The number of thioether (sulfide) groups is 1. The fourth-order valence-corrected chi connectivity index (χ4v) is 4.40. The Labute approximate surface area is 121 Å². The topological polar surface area (TPSA) is 41.6 Å². The molecule has 2 rings (SSSR count). The van der Waals surface area contributed by atoms with Gasteiger partial charge in [0.2, 0.25) is 0 Å². The van der Waals surface area contributed by atoms with Gasteiger partial charge in [-0.3, -0.25) is 4.68 Å². The summed E-state index contributed by atoms with van der Waals surface area (Å²) in [5.74, 6) is 1.10. The van der Waals surface area contributed by atoms with Gasteiger partial charge in [0.25, 0.3) is 0 Å². The van der Waals surface area contributed by atoms with E-state index in [1.807, 2.05) is 4.68 Å². The molecule has 3 nitrogen and oxygen atoms in total. The first-order chi connectivity index (χ1) is 8.65. The third-order valence-electron chi connectivity index (χ3n) is 3.45. The Morgan fingerprint density at radius 2 is 2.33 bits per heavy atom. The van der Waals surface area contributed by atoms with Crippen molar-refractivity contribution in [2.24, 2.45) is 0 Å². The summed E-state index contributed by atoms with van der Waals surface area (Å²) in [5.41, 5.74) is 2.29. The second kappa shape index (κ2) is 5.66. The van der Waals surface area contributed by atoms with Crippen LogP contribution in [0.15, 0.2) is 4.47 Å². The minimum atomic E-state index is -0.236. The largest absolute Gasteiger partial charge is 0.268 e. The highest BCUT2D eigenvalue weighted by Gasteiger charge is 2.37. The van der Waals surface area contributed by atoms with E-state index in [0.717, 1.165) is 48.1 Å². The number of aromatic nitrogens is 2. The molecule has 0 N–H and O–H groups in total. The minimum Gasteiger partial charge on any atom is -0.268 e. The van der Waals surface area contributed by atoms with E-state index in [4.69, 9.17) is 0 Å². The molecule has 0 aromatic carbocycles. The molecule has 1 aromatic heterocycles. The van der Waals surface area contributed by atoms with Crippen LogP contribution >= 0.6 is 27.7 Å². The van der Waals surface area contributed by atoms with Gasteiger partial charge in [0.1, 0.15) is 4.75 Å². The average Bonchev–Trinajstić information content (AvgIpc) is 2.97. The Morgan fingerprint density at radius 3 is 2.83 bits per heavy atom. The molecular formula is C13H18BrN3S. The van der Waals surface area contributed by atoms with Gasteiger partial charge in [0.15, 0.2) is 0 Å². The summed E-state index contributed by atoms with van der Waals surface area (Å²) in [7, 11) is 0. The molecule has 5 heteroatoms. The van der Waals surface area contributed by atoms with Crippen molar-refractivity contribution in [1.82, 2.24) is 9.78 Å². The lowest BCUT2D eigenvalue weighted by Gasteiger charge is -2.19. The summed E-state index contributed by atoms with van der Waals surface area (Å²) in [6.07, 6.45) is 3.87. The van der Waals surface area contributed by atoms with E-state index in [1.165, 1.54) is 5.69 Å². The van der Waals surface area contributed by atoms with Gasteiger partial charge >= 0.3 is 0 Å². The summed E-state index contributed by atoms with van der Waals surface area (Å²) in [6.45, 7) is 5.07. The standard InChI is InChI=1S/C13H18BrN3S/c1-3-10-12(14)11(17(4-2)16-10)8-13(9-15)6-5-7-18-13/h3-8H2,1-2H3. The fraction of sp³-hybridized carbons (Fsp3) is 0.692. The van der Waals surface area contributed by atoms with E-state index in [9.17, 15) is 5.26 Å². The molecule has 1 unspecified atom stereocenters.